The first kappa shape index (κ1) is 35.4. The van der Waals surface area contributed by atoms with E-state index in [2.05, 4.69) is 41.8 Å². The van der Waals surface area contributed by atoms with Gasteiger partial charge in [0.15, 0.2) is 22.1 Å². The number of amides is 3. The van der Waals surface area contributed by atoms with Crippen LogP contribution in [-0.4, -0.2) is 93.5 Å². The van der Waals surface area contributed by atoms with Crippen molar-refractivity contribution >= 4 is 46.7 Å². The first-order chi connectivity index (χ1) is 25.0. The summed E-state index contributed by atoms with van der Waals surface area (Å²) in [6.07, 6.45) is 0. The van der Waals surface area contributed by atoms with Crippen LogP contribution >= 0.6 is 12.2 Å². The number of nitrogens with two attached hydrogens (primary N) is 2. The van der Waals surface area contributed by atoms with Crippen molar-refractivity contribution < 1.29 is 38.9 Å². The van der Waals surface area contributed by atoms with Gasteiger partial charge in [0.25, 0.3) is 17.7 Å². The molecule has 3 amide bonds. The van der Waals surface area contributed by atoms with Gasteiger partial charge in [0.1, 0.15) is 23.0 Å². The molecule has 0 unspecified atom stereocenters. The molecule has 18 nitrogen and oxygen atoms in total. The number of aromatic nitrogens is 3. The maximum atomic E-state index is 13.2. The van der Waals surface area contributed by atoms with Gasteiger partial charge in [-0.3, -0.25) is 14.4 Å². The van der Waals surface area contributed by atoms with Gasteiger partial charge >= 0.3 is 5.97 Å². The van der Waals surface area contributed by atoms with Crippen molar-refractivity contribution in [1.82, 2.24) is 36.4 Å². The van der Waals surface area contributed by atoms with Crippen molar-refractivity contribution in [2.45, 2.75) is 5.60 Å². The third-order valence-electron chi connectivity index (χ3n) is 7.91. The van der Waals surface area contributed by atoms with Gasteiger partial charge in [0.05, 0.1) is 5.56 Å². The summed E-state index contributed by atoms with van der Waals surface area (Å²) in [5.41, 5.74) is 10.8. The van der Waals surface area contributed by atoms with Gasteiger partial charge in [-0.05, 0) is 54.7 Å². The van der Waals surface area contributed by atoms with Crippen LogP contribution in [0.2, 0.25) is 0 Å². The molecule has 19 heteroatoms. The molecule has 0 saturated carbocycles. The summed E-state index contributed by atoms with van der Waals surface area (Å²) in [6.45, 7) is 0.691. The molecule has 2 aliphatic rings. The molecule has 1 aromatic heterocycles. The smallest absolute Gasteiger partial charge is 0.340 e. The first-order valence-electron chi connectivity index (χ1n) is 15.8. The van der Waals surface area contributed by atoms with E-state index in [4.69, 9.17) is 33.2 Å². The van der Waals surface area contributed by atoms with Crippen LogP contribution in [0.15, 0.2) is 54.6 Å². The summed E-state index contributed by atoms with van der Waals surface area (Å²) in [7, 11) is 0. The quantitative estimate of drug-likeness (QED) is 0.0556. The Morgan fingerprint density at radius 3 is 1.96 bits per heavy atom. The number of nitrogens with one attached hydrogen (secondary N) is 5. The first-order valence-corrected chi connectivity index (χ1v) is 16.2. The third kappa shape index (κ3) is 6.82. The van der Waals surface area contributed by atoms with Gasteiger partial charge in [0, 0.05) is 73.8 Å². The van der Waals surface area contributed by atoms with Gasteiger partial charge in [-0.2, -0.15) is 0 Å². The molecule has 2 aliphatic heterocycles. The number of phenols is 2. The second-order valence-corrected chi connectivity index (χ2v) is 11.8. The number of phenolic OH excluding ortho intramolecular Hbond substituents is 2. The molecule has 1 spiro atoms. The minimum absolute atomic E-state index is 0.0420. The summed E-state index contributed by atoms with van der Waals surface area (Å²) >= 11 is 5.47. The third-order valence-corrected chi connectivity index (χ3v) is 8.15. The van der Waals surface area contributed by atoms with Gasteiger partial charge in [-0.1, -0.05) is 0 Å². The topological polar surface area (TPSA) is 278 Å². The minimum atomic E-state index is -1.46. The number of benzene rings is 3. The number of carbonyl (C=O) groups excluding carboxylic acids is 4. The summed E-state index contributed by atoms with van der Waals surface area (Å²) in [6, 6.07) is 13.9. The van der Waals surface area contributed by atoms with Crippen molar-refractivity contribution in [2.75, 3.05) is 44.6 Å². The zero-order valence-corrected chi connectivity index (χ0v) is 28.0. The van der Waals surface area contributed by atoms with Crippen LogP contribution in [0.5, 0.6) is 23.0 Å². The maximum Gasteiger partial charge on any atom is 0.340 e. The summed E-state index contributed by atoms with van der Waals surface area (Å²) in [4.78, 5) is 55.1. The van der Waals surface area contributed by atoms with E-state index in [0.29, 0.717) is 27.9 Å². The molecule has 0 bridgehead atoms. The van der Waals surface area contributed by atoms with E-state index in [1.807, 2.05) is 0 Å². The van der Waals surface area contributed by atoms with E-state index >= 15 is 0 Å². The highest BCUT2D eigenvalue weighted by Crippen LogP contribution is 2.57. The number of carbonyl (C=O) groups is 4. The predicted molar refractivity (Wildman–Crippen MR) is 187 cm³/mol. The molecular formula is C33H32N10O8S. The number of ether oxygens (including phenoxy) is 2. The Balaban J connectivity index is 1.13. The number of nitrogens with zero attached hydrogens (tertiary/aromatic N) is 3. The predicted octanol–water partition coefficient (Wildman–Crippen LogP) is -0.0558. The van der Waals surface area contributed by atoms with Crippen molar-refractivity contribution in [3.63, 3.8) is 0 Å². The Labute approximate surface area is 300 Å². The van der Waals surface area contributed by atoms with Crippen LogP contribution in [0.1, 0.15) is 58.6 Å². The van der Waals surface area contributed by atoms with E-state index in [-0.39, 0.29) is 73.1 Å². The number of thiocarbonyl (C=S) groups is 1. The normalized spacial score (nSPS) is 13.1. The fraction of sp³-hybridized carbons (Fsp3) is 0.212. The van der Waals surface area contributed by atoms with Crippen LogP contribution in [0.4, 0.5) is 5.69 Å². The molecule has 4 aromatic rings. The van der Waals surface area contributed by atoms with Crippen LogP contribution in [0.25, 0.3) is 0 Å². The Morgan fingerprint density at radius 2 is 1.33 bits per heavy atom. The molecule has 3 heterocycles. The molecular weight excluding hydrogens is 696 g/mol. The fourth-order valence-corrected chi connectivity index (χ4v) is 5.88. The monoisotopic (exact) mass is 728 g/mol. The lowest BCUT2D eigenvalue weighted by atomic mass is 9.77. The van der Waals surface area contributed by atoms with Crippen molar-refractivity contribution in [1.29, 1.82) is 0 Å². The number of esters is 1. The molecule has 0 radical (unpaired) electrons. The highest BCUT2D eigenvalue weighted by Gasteiger charge is 2.53. The average molecular weight is 729 g/mol. The Bertz CT molecular complexity index is 2060. The number of aromatic hydroxyl groups is 2. The lowest BCUT2D eigenvalue weighted by Crippen LogP contribution is -2.38. The molecule has 6 rings (SSSR count). The molecule has 0 fully saturated rings. The highest BCUT2D eigenvalue weighted by molar-refractivity contribution is 7.80. The van der Waals surface area contributed by atoms with E-state index in [1.165, 1.54) is 24.3 Å². The molecule has 52 heavy (non-hydrogen) atoms. The van der Waals surface area contributed by atoms with Crippen molar-refractivity contribution in [3.8, 4) is 23.0 Å². The number of hydrogen-bond acceptors (Lipinski definition) is 14. The van der Waals surface area contributed by atoms with Gasteiger partial charge in [0.2, 0.25) is 5.82 Å². The van der Waals surface area contributed by atoms with Gasteiger partial charge in [-0.25, -0.2) is 9.78 Å². The highest BCUT2D eigenvalue weighted by atomic mass is 32.1. The lowest BCUT2D eigenvalue weighted by Gasteiger charge is -2.36. The summed E-state index contributed by atoms with van der Waals surface area (Å²) in [5.74, 6) is -2.92. The minimum Gasteiger partial charge on any atom is -0.508 e. The Morgan fingerprint density at radius 1 is 0.731 bits per heavy atom. The number of rotatable bonds is 11. The summed E-state index contributed by atoms with van der Waals surface area (Å²) < 4.78 is 12.1. The van der Waals surface area contributed by atoms with E-state index < -0.39 is 40.8 Å². The van der Waals surface area contributed by atoms with E-state index in [1.54, 1.807) is 30.3 Å². The van der Waals surface area contributed by atoms with Crippen molar-refractivity contribution in [3.05, 3.63) is 94.1 Å². The SMILES string of the molecule is NCCNC(=O)c1nnc(C(=O)NCCNC(=S)Nc2ccc3c(c2)C2(OC3=O)c3ccc(O)cc3Oc3cc(O)ccc32)nc1C(=O)NCCN. The standard InChI is InChI=1S/C33H32N10O8S/c34-7-9-36-28(46)25-26(29(47)37-10-8-35)42-43-27(41-25)30(48)38-11-12-39-32(52)40-16-1-4-19-22(13-16)33(51-31(19)49)20-5-2-17(44)14-23(20)50-24-15-18(45)3-6-21(24)33/h1-6,13-15,44-45H,7-12,34-35H2,(H,36,46)(H,37,47)(H,38,48)(H2,39,40,52). The Kier molecular flexibility index (Phi) is 10.1. The summed E-state index contributed by atoms with van der Waals surface area (Å²) in [5, 5.41) is 41.6. The van der Waals surface area contributed by atoms with Gasteiger partial charge in [-0.15, -0.1) is 10.2 Å². The number of hydrogen-bond donors (Lipinski definition) is 9. The lowest BCUT2D eigenvalue weighted by molar-refractivity contribution is 0.0224. The average Bonchev–Trinajstić information content (AvgIpc) is 3.41. The second kappa shape index (κ2) is 14.8. The Hall–Kier alpha value is -6.44. The zero-order chi connectivity index (χ0) is 37.0. The molecule has 11 N–H and O–H groups in total. The molecule has 268 valence electrons. The van der Waals surface area contributed by atoms with Crippen LogP contribution in [0, 0.1) is 0 Å². The second-order valence-electron chi connectivity index (χ2n) is 11.4. The van der Waals surface area contributed by atoms with E-state index in [0.717, 1.165) is 0 Å². The maximum absolute atomic E-state index is 13.2. The van der Waals surface area contributed by atoms with Gasteiger partial charge < -0.3 is 57.7 Å². The molecule has 0 saturated heterocycles. The molecule has 0 aliphatic carbocycles. The zero-order valence-electron chi connectivity index (χ0n) is 27.2. The van der Waals surface area contributed by atoms with Crippen LogP contribution in [-0.2, 0) is 10.3 Å². The molecule has 0 atom stereocenters. The number of anilines is 1. The molecule has 3 aromatic carbocycles. The van der Waals surface area contributed by atoms with E-state index in [9.17, 15) is 29.4 Å². The van der Waals surface area contributed by atoms with Crippen LogP contribution in [0.3, 0.4) is 0 Å². The number of fused-ring (bicyclic) bond motifs is 6. The largest absolute Gasteiger partial charge is 0.508 e. The van der Waals surface area contributed by atoms with Crippen molar-refractivity contribution in [2.24, 2.45) is 11.5 Å². The fourth-order valence-electron chi connectivity index (χ4n) is 5.66. The van der Waals surface area contributed by atoms with Crippen LogP contribution < -0.4 is 42.8 Å².